The average molecular weight is 358 g/mol. The third-order valence-electron chi connectivity index (χ3n) is 4.80. The number of aryl methyl sites for hydroxylation is 2. The van der Waals surface area contributed by atoms with E-state index in [-0.39, 0.29) is 5.82 Å². The fourth-order valence-corrected chi connectivity index (χ4v) is 4.95. The monoisotopic (exact) mass is 358 g/mol. The summed E-state index contributed by atoms with van der Waals surface area (Å²) in [7, 11) is 0. The van der Waals surface area contributed by atoms with Crippen molar-refractivity contribution in [1.82, 2.24) is 9.97 Å². The summed E-state index contributed by atoms with van der Waals surface area (Å²) in [5.74, 6) is -0.283. The highest BCUT2D eigenvalue weighted by Gasteiger charge is 2.16. The van der Waals surface area contributed by atoms with Crippen LogP contribution in [0.5, 0.6) is 0 Å². The summed E-state index contributed by atoms with van der Waals surface area (Å²) in [6.45, 7) is 4.26. The summed E-state index contributed by atoms with van der Waals surface area (Å²) >= 11 is 1.78. The second kappa shape index (κ2) is 5.58. The molecule has 0 aliphatic carbocycles. The maximum absolute atomic E-state index is 13.6. The highest BCUT2D eigenvalue weighted by Crippen LogP contribution is 2.42. The molecule has 126 valence electrons. The molecule has 0 bridgehead atoms. The van der Waals surface area contributed by atoms with Crippen molar-refractivity contribution in [2.45, 2.75) is 13.8 Å². The zero-order valence-electron chi connectivity index (χ0n) is 14.4. The van der Waals surface area contributed by atoms with Crippen molar-refractivity contribution >= 4 is 42.4 Å². The maximum atomic E-state index is 13.6. The highest BCUT2D eigenvalue weighted by atomic mass is 32.1. The Bertz CT molecular complexity index is 1320. The Morgan fingerprint density at radius 2 is 1.81 bits per heavy atom. The molecule has 3 aromatic carbocycles. The first kappa shape index (κ1) is 15.4. The number of aromatic nitrogens is 2. The zero-order chi connectivity index (χ0) is 17.8. The SMILES string of the molecule is Cc1cc(-c2ncnc3cc(F)ccc23)c2sc3cccc(C)c3c2c1. The maximum Gasteiger partial charge on any atom is 0.125 e. The van der Waals surface area contributed by atoms with Gasteiger partial charge in [0.25, 0.3) is 0 Å². The molecule has 0 saturated carbocycles. The molecule has 0 aliphatic heterocycles. The second-order valence-corrected chi connectivity index (χ2v) is 7.68. The van der Waals surface area contributed by atoms with E-state index in [0.29, 0.717) is 5.52 Å². The molecule has 0 fully saturated rings. The van der Waals surface area contributed by atoms with Gasteiger partial charge in [0.2, 0.25) is 0 Å². The van der Waals surface area contributed by atoms with E-state index in [1.807, 2.05) is 0 Å². The van der Waals surface area contributed by atoms with E-state index in [4.69, 9.17) is 0 Å². The number of hydrogen-bond donors (Lipinski definition) is 0. The van der Waals surface area contributed by atoms with Gasteiger partial charge in [-0.1, -0.05) is 12.1 Å². The van der Waals surface area contributed by atoms with Crippen LogP contribution in [-0.2, 0) is 0 Å². The van der Waals surface area contributed by atoms with E-state index < -0.39 is 0 Å². The third kappa shape index (κ3) is 2.22. The summed E-state index contributed by atoms with van der Waals surface area (Å²) in [6, 6.07) is 15.5. The van der Waals surface area contributed by atoms with Crippen molar-refractivity contribution in [1.29, 1.82) is 0 Å². The summed E-state index contributed by atoms with van der Waals surface area (Å²) in [4.78, 5) is 8.80. The molecule has 2 heterocycles. The first-order chi connectivity index (χ1) is 12.6. The lowest BCUT2D eigenvalue weighted by atomic mass is 9.99. The van der Waals surface area contributed by atoms with Crippen molar-refractivity contribution in [3.05, 3.63) is 71.8 Å². The largest absolute Gasteiger partial charge is 0.236 e. The first-order valence-electron chi connectivity index (χ1n) is 8.45. The molecule has 0 atom stereocenters. The normalized spacial score (nSPS) is 11.7. The minimum Gasteiger partial charge on any atom is -0.236 e. The van der Waals surface area contributed by atoms with Crippen molar-refractivity contribution in [2.24, 2.45) is 0 Å². The molecule has 0 spiro atoms. The van der Waals surface area contributed by atoms with Crippen molar-refractivity contribution in [3.63, 3.8) is 0 Å². The molecule has 2 nitrogen and oxygen atoms in total. The minimum atomic E-state index is -0.283. The Hall–Kier alpha value is -2.85. The van der Waals surface area contributed by atoms with Crippen LogP contribution >= 0.6 is 11.3 Å². The predicted molar refractivity (Wildman–Crippen MR) is 107 cm³/mol. The van der Waals surface area contributed by atoms with Crippen molar-refractivity contribution < 1.29 is 4.39 Å². The Kier molecular flexibility index (Phi) is 3.31. The number of fused-ring (bicyclic) bond motifs is 4. The van der Waals surface area contributed by atoms with Gasteiger partial charge >= 0.3 is 0 Å². The number of thiophene rings is 1. The molecule has 5 rings (SSSR count). The van der Waals surface area contributed by atoms with Crippen LogP contribution in [0.2, 0.25) is 0 Å². The third-order valence-corrected chi connectivity index (χ3v) is 6.01. The Balaban J connectivity index is 1.94. The first-order valence-corrected chi connectivity index (χ1v) is 9.26. The fraction of sp³-hybridized carbons (Fsp3) is 0.0909. The van der Waals surface area contributed by atoms with Crippen LogP contribution in [0.4, 0.5) is 4.39 Å². The smallest absolute Gasteiger partial charge is 0.125 e. The molecule has 0 N–H and O–H groups in total. The molecule has 0 radical (unpaired) electrons. The lowest BCUT2D eigenvalue weighted by molar-refractivity contribution is 0.629. The van der Waals surface area contributed by atoms with Gasteiger partial charge in [-0.05, 0) is 55.3 Å². The van der Waals surface area contributed by atoms with Gasteiger partial charge in [0.1, 0.15) is 12.1 Å². The van der Waals surface area contributed by atoms with Crippen LogP contribution in [0.15, 0.2) is 54.9 Å². The summed E-state index contributed by atoms with van der Waals surface area (Å²) in [6.07, 6.45) is 1.52. The van der Waals surface area contributed by atoms with Gasteiger partial charge in [0.15, 0.2) is 0 Å². The molecule has 4 heteroatoms. The average Bonchev–Trinajstić information content (AvgIpc) is 3.00. The highest BCUT2D eigenvalue weighted by molar-refractivity contribution is 7.26. The zero-order valence-corrected chi connectivity index (χ0v) is 15.2. The number of rotatable bonds is 1. The number of benzene rings is 3. The molecular weight excluding hydrogens is 343 g/mol. The summed E-state index contributed by atoms with van der Waals surface area (Å²) in [5.41, 5.74) is 5.03. The molecular formula is C22H15FN2S. The van der Waals surface area contributed by atoms with Crippen molar-refractivity contribution in [3.8, 4) is 11.3 Å². The Morgan fingerprint density at radius 1 is 0.923 bits per heavy atom. The molecule has 0 aliphatic rings. The molecule has 5 aromatic rings. The summed E-state index contributed by atoms with van der Waals surface area (Å²) in [5, 5.41) is 3.43. The minimum absolute atomic E-state index is 0.283. The molecule has 0 saturated heterocycles. The van der Waals surface area contributed by atoms with E-state index >= 15 is 0 Å². The predicted octanol–water partition coefficient (Wildman–Crippen LogP) is 6.42. The Morgan fingerprint density at radius 3 is 2.69 bits per heavy atom. The Labute approximate surface area is 154 Å². The van der Waals surface area contributed by atoms with Crippen molar-refractivity contribution in [2.75, 3.05) is 0 Å². The van der Waals surface area contributed by atoms with Crippen LogP contribution in [0.1, 0.15) is 11.1 Å². The molecule has 26 heavy (non-hydrogen) atoms. The standard InChI is InChI=1S/C22H15FN2S/c1-12-8-16-20-13(2)4-3-5-19(20)26-22(16)17(9-12)21-15-7-6-14(23)10-18(15)24-11-25-21/h3-11H,1-2H3. The lowest BCUT2D eigenvalue weighted by Crippen LogP contribution is -1.91. The van der Waals surface area contributed by atoms with Gasteiger partial charge in [-0.15, -0.1) is 11.3 Å². The van der Waals surface area contributed by atoms with Gasteiger partial charge in [-0.25, -0.2) is 14.4 Å². The van der Waals surface area contributed by atoms with E-state index in [0.717, 1.165) is 16.6 Å². The topological polar surface area (TPSA) is 25.8 Å². The van der Waals surface area contributed by atoms with Crippen LogP contribution in [0.25, 0.3) is 42.3 Å². The van der Waals surface area contributed by atoms with Gasteiger partial charge in [-0.2, -0.15) is 0 Å². The van der Waals surface area contributed by atoms with E-state index in [2.05, 4.69) is 54.1 Å². The lowest BCUT2D eigenvalue weighted by Gasteiger charge is -2.08. The fourth-order valence-electron chi connectivity index (χ4n) is 3.67. The van der Waals surface area contributed by atoms with Gasteiger partial charge in [0.05, 0.1) is 11.2 Å². The second-order valence-electron chi connectivity index (χ2n) is 6.62. The van der Waals surface area contributed by atoms with E-state index in [9.17, 15) is 4.39 Å². The van der Waals surface area contributed by atoms with Crippen LogP contribution < -0.4 is 0 Å². The number of halogens is 1. The molecule has 2 aromatic heterocycles. The molecule has 0 unspecified atom stereocenters. The molecule has 0 amide bonds. The quantitative estimate of drug-likeness (QED) is 0.345. The summed E-state index contributed by atoms with van der Waals surface area (Å²) < 4.78 is 16.1. The van der Waals surface area contributed by atoms with Gasteiger partial charge in [0, 0.05) is 37.2 Å². The van der Waals surface area contributed by atoms with Crippen LogP contribution in [0.3, 0.4) is 0 Å². The number of nitrogens with zero attached hydrogens (tertiary/aromatic N) is 2. The van der Waals surface area contributed by atoms with E-state index in [1.54, 1.807) is 17.4 Å². The van der Waals surface area contributed by atoms with Crippen LogP contribution in [-0.4, -0.2) is 9.97 Å². The van der Waals surface area contributed by atoms with Gasteiger partial charge in [-0.3, -0.25) is 0 Å². The van der Waals surface area contributed by atoms with Gasteiger partial charge < -0.3 is 0 Å². The van der Waals surface area contributed by atoms with E-state index in [1.165, 1.54) is 49.8 Å². The number of hydrogen-bond acceptors (Lipinski definition) is 3. The van der Waals surface area contributed by atoms with Crippen LogP contribution in [0, 0.1) is 19.7 Å².